The second-order valence-electron chi connectivity index (χ2n) is 4.93. The van der Waals surface area contributed by atoms with E-state index >= 15 is 0 Å². The number of hydrogen-bond acceptors (Lipinski definition) is 1. The second-order valence-corrected chi connectivity index (χ2v) is 7.21. The van der Waals surface area contributed by atoms with Gasteiger partial charge in [0.25, 0.3) is 0 Å². The van der Waals surface area contributed by atoms with E-state index in [-0.39, 0.29) is 0 Å². The highest BCUT2D eigenvalue weighted by molar-refractivity contribution is 6.66. The molecule has 0 saturated carbocycles. The van der Waals surface area contributed by atoms with Crippen LogP contribution in [0.25, 0.3) is 16.9 Å². The fraction of sp³-hybridized carbons (Fsp3) is 0.118. The molecule has 0 bridgehead atoms. The Labute approximate surface area is 144 Å². The quantitative estimate of drug-likeness (QED) is 0.544. The summed E-state index contributed by atoms with van der Waals surface area (Å²) in [5.41, 5.74) is 4.07. The Morgan fingerprint density at radius 1 is 0.864 bits per heavy atom. The number of hydrogen-bond donors (Lipinski definition) is 0. The molecule has 0 atom stereocenters. The van der Waals surface area contributed by atoms with Crippen molar-refractivity contribution in [2.24, 2.45) is 0 Å². The van der Waals surface area contributed by atoms with Crippen molar-refractivity contribution in [1.29, 1.82) is 0 Å². The molecule has 3 rings (SSSR count). The number of para-hydroxylation sites is 1. The maximum Gasteiger partial charge on any atom is 0.232 e. The molecule has 0 N–H and O–H groups in total. The molecule has 0 spiro atoms. The van der Waals surface area contributed by atoms with Crippen LogP contribution < -0.4 is 0 Å². The number of nitrogens with zero attached hydrogens (tertiary/aromatic N) is 2. The summed E-state index contributed by atoms with van der Waals surface area (Å²) in [4.78, 5) is 0. The first-order valence-corrected chi connectivity index (χ1v) is 7.89. The Bertz CT molecular complexity index is 775. The van der Waals surface area contributed by atoms with Crippen LogP contribution in [-0.2, 0) is 3.79 Å². The van der Waals surface area contributed by atoms with E-state index in [1.807, 2.05) is 67.6 Å². The van der Waals surface area contributed by atoms with Crippen LogP contribution >= 0.6 is 34.8 Å². The Morgan fingerprint density at radius 3 is 1.95 bits per heavy atom. The molecular formula is C17H13Cl3N2. The van der Waals surface area contributed by atoms with Crippen molar-refractivity contribution in [2.45, 2.75) is 10.7 Å². The van der Waals surface area contributed by atoms with Gasteiger partial charge in [-0.15, -0.1) is 0 Å². The molecule has 1 heterocycles. The lowest BCUT2D eigenvalue weighted by molar-refractivity contribution is 0.821. The third-order valence-electron chi connectivity index (χ3n) is 3.44. The molecule has 112 valence electrons. The van der Waals surface area contributed by atoms with Gasteiger partial charge < -0.3 is 0 Å². The molecule has 2 aromatic carbocycles. The van der Waals surface area contributed by atoms with E-state index in [1.165, 1.54) is 0 Å². The highest BCUT2D eigenvalue weighted by atomic mass is 35.6. The maximum absolute atomic E-state index is 6.19. The summed E-state index contributed by atoms with van der Waals surface area (Å²) < 4.78 is 0.143. The van der Waals surface area contributed by atoms with Crippen LogP contribution in [0.2, 0.25) is 0 Å². The normalized spacial score (nSPS) is 11.6. The van der Waals surface area contributed by atoms with Crippen LogP contribution in [0.15, 0.2) is 60.7 Å². The molecule has 0 saturated heterocycles. The van der Waals surface area contributed by atoms with E-state index in [2.05, 4.69) is 5.10 Å². The lowest BCUT2D eigenvalue weighted by Crippen LogP contribution is -2.11. The van der Waals surface area contributed by atoms with Gasteiger partial charge in [0.2, 0.25) is 3.79 Å². The molecule has 1 aromatic heterocycles. The predicted molar refractivity (Wildman–Crippen MR) is 93.0 cm³/mol. The lowest BCUT2D eigenvalue weighted by Gasteiger charge is -2.15. The van der Waals surface area contributed by atoms with Gasteiger partial charge in [-0.25, -0.2) is 4.68 Å². The summed E-state index contributed by atoms with van der Waals surface area (Å²) in [7, 11) is 0. The highest BCUT2D eigenvalue weighted by Crippen LogP contribution is 2.43. The van der Waals surface area contributed by atoms with E-state index in [0.717, 1.165) is 22.5 Å². The minimum absolute atomic E-state index is 0.558. The van der Waals surface area contributed by atoms with Gasteiger partial charge in [0, 0.05) is 11.1 Å². The van der Waals surface area contributed by atoms with Crippen molar-refractivity contribution in [3.05, 3.63) is 71.9 Å². The van der Waals surface area contributed by atoms with Crippen molar-refractivity contribution >= 4 is 34.8 Å². The fourth-order valence-corrected chi connectivity index (χ4v) is 3.12. The Kier molecular flexibility index (Phi) is 4.18. The topological polar surface area (TPSA) is 17.8 Å². The largest absolute Gasteiger partial charge is 0.233 e. The van der Waals surface area contributed by atoms with Gasteiger partial charge in [0.05, 0.1) is 17.1 Å². The molecule has 0 aliphatic carbocycles. The van der Waals surface area contributed by atoms with Crippen molar-refractivity contribution in [3.8, 4) is 16.9 Å². The SMILES string of the molecule is Cc1c(-c2ccccc2)nn(-c2ccccc2)c1C(Cl)(Cl)Cl. The molecule has 3 aromatic rings. The summed E-state index contributed by atoms with van der Waals surface area (Å²) in [5, 5.41) is 4.68. The Balaban J connectivity index is 2.26. The third-order valence-corrected chi connectivity index (χ3v) is 3.98. The summed E-state index contributed by atoms with van der Waals surface area (Å²) in [6.07, 6.45) is 0. The second kappa shape index (κ2) is 5.96. The van der Waals surface area contributed by atoms with Crippen molar-refractivity contribution in [1.82, 2.24) is 9.78 Å². The molecule has 22 heavy (non-hydrogen) atoms. The van der Waals surface area contributed by atoms with Gasteiger partial charge in [-0.3, -0.25) is 0 Å². The average Bonchev–Trinajstić information content (AvgIpc) is 2.87. The van der Waals surface area contributed by atoms with Crippen molar-refractivity contribution in [2.75, 3.05) is 0 Å². The number of halogens is 3. The van der Waals surface area contributed by atoms with Crippen LogP contribution in [-0.4, -0.2) is 9.78 Å². The van der Waals surface area contributed by atoms with Gasteiger partial charge in [-0.2, -0.15) is 5.10 Å². The van der Waals surface area contributed by atoms with Crippen molar-refractivity contribution < 1.29 is 0 Å². The molecule has 5 heteroatoms. The van der Waals surface area contributed by atoms with Gasteiger partial charge >= 0.3 is 0 Å². The molecule has 0 amide bonds. The molecule has 0 fully saturated rings. The zero-order valence-electron chi connectivity index (χ0n) is 11.8. The van der Waals surface area contributed by atoms with Gasteiger partial charge in [-0.05, 0) is 19.1 Å². The zero-order chi connectivity index (χ0) is 15.7. The van der Waals surface area contributed by atoms with Gasteiger partial charge in [0.1, 0.15) is 0 Å². The highest BCUT2D eigenvalue weighted by Gasteiger charge is 2.32. The third kappa shape index (κ3) is 2.87. The Morgan fingerprint density at radius 2 is 1.41 bits per heavy atom. The predicted octanol–water partition coefficient (Wildman–Crippen LogP) is 5.67. The standard InChI is InChI=1S/C17H13Cl3N2/c1-12-15(13-8-4-2-5-9-13)21-22(16(12)17(18,19)20)14-10-6-3-7-11-14/h2-11H,1H3. The van der Waals surface area contributed by atoms with Gasteiger partial charge in [0.15, 0.2) is 0 Å². The fourth-order valence-electron chi connectivity index (χ4n) is 2.45. The lowest BCUT2D eigenvalue weighted by atomic mass is 10.1. The number of rotatable bonds is 2. The minimum atomic E-state index is -1.56. The molecule has 0 aliphatic rings. The van der Waals surface area contributed by atoms with E-state index in [4.69, 9.17) is 34.8 Å². The van der Waals surface area contributed by atoms with Crippen LogP contribution in [0, 0.1) is 6.92 Å². The molecule has 0 unspecified atom stereocenters. The van der Waals surface area contributed by atoms with E-state index in [1.54, 1.807) is 4.68 Å². The molecule has 0 aliphatic heterocycles. The van der Waals surface area contributed by atoms with Crippen LogP contribution in [0.5, 0.6) is 0 Å². The van der Waals surface area contributed by atoms with Crippen molar-refractivity contribution in [3.63, 3.8) is 0 Å². The van der Waals surface area contributed by atoms with E-state index in [9.17, 15) is 0 Å². The van der Waals surface area contributed by atoms with Gasteiger partial charge in [-0.1, -0.05) is 83.3 Å². The summed E-state index contributed by atoms with van der Waals surface area (Å²) in [6, 6.07) is 19.5. The monoisotopic (exact) mass is 350 g/mol. The van der Waals surface area contributed by atoms with Crippen LogP contribution in [0.1, 0.15) is 11.3 Å². The summed E-state index contributed by atoms with van der Waals surface area (Å²) in [5.74, 6) is 0. The maximum atomic E-state index is 6.19. The molecular weight excluding hydrogens is 339 g/mol. The number of benzene rings is 2. The van der Waals surface area contributed by atoms with Crippen LogP contribution in [0.4, 0.5) is 0 Å². The van der Waals surface area contributed by atoms with E-state index < -0.39 is 3.79 Å². The number of aromatic nitrogens is 2. The number of alkyl halides is 3. The first-order valence-electron chi connectivity index (χ1n) is 6.76. The first-order chi connectivity index (χ1) is 10.5. The average molecular weight is 352 g/mol. The summed E-state index contributed by atoms with van der Waals surface area (Å²) >= 11 is 18.6. The smallest absolute Gasteiger partial charge is 0.232 e. The minimum Gasteiger partial charge on any atom is -0.233 e. The van der Waals surface area contributed by atoms with Crippen LogP contribution in [0.3, 0.4) is 0 Å². The first kappa shape index (κ1) is 15.4. The van der Waals surface area contributed by atoms with E-state index in [0.29, 0.717) is 5.69 Å². The summed E-state index contributed by atoms with van der Waals surface area (Å²) in [6.45, 7) is 1.92. The zero-order valence-corrected chi connectivity index (χ0v) is 14.1. The molecule has 2 nitrogen and oxygen atoms in total. The Hall–Kier alpha value is -1.48. The molecule has 0 radical (unpaired) electrons.